The third-order valence-electron chi connectivity index (χ3n) is 3.24. The Morgan fingerprint density at radius 2 is 1.95 bits per heavy atom. The van der Waals surface area contributed by atoms with Crippen molar-refractivity contribution >= 4 is 23.2 Å². The van der Waals surface area contributed by atoms with Crippen LogP contribution in [0.5, 0.6) is 0 Å². The van der Waals surface area contributed by atoms with Crippen LogP contribution in [-0.2, 0) is 6.54 Å². The van der Waals surface area contributed by atoms with E-state index in [9.17, 15) is 0 Å². The number of nitrogens with zero attached hydrogens (tertiary/aromatic N) is 2. The Labute approximate surface area is 124 Å². The van der Waals surface area contributed by atoms with Crippen LogP contribution in [-0.4, -0.2) is 16.9 Å². The normalized spacial score (nSPS) is 12.7. The number of aromatic nitrogens is 1. The zero-order valence-electron chi connectivity index (χ0n) is 11.0. The van der Waals surface area contributed by atoms with Crippen LogP contribution >= 0.6 is 23.2 Å². The molecular weight excluding hydrogens is 279 g/mol. The minimum absolute atomic E-state index is 0.237. The van der Waals surface area contributed by atoms with E-state index in [-0.39, 0.29) is 6.04 Å². The summed E-state index contributed by atoms with van der Waals surface area (Å²) in [6.07, 6.45) is 1.73. The van der Waals surface area contributed by atoms with Crippen LogP contribution in [0.25, 0.3) is 0 Å². The predicted octanol–water partition coefficient (Wildman–Crippen LogP) is 4.58. The third kappa shape index (κ3) is 3.69. The molecule has 0 amide bonds. The van der Waals surface area contributed by atoms with E-state index in [4.69, 9.17) is 23.2 Å². The highest BCUT2D eigenvalue weighted by Gasteiger charge is 2.14. The van der Waals surface area contributed by atoms with Gasteiger partial charge in [0.25, 0.3) is 0 Å². The van der Waals surface area contributed by atoms with Crippen LogP contribution in [0, 0.1) is 0 Å². The lowest BCUT2D eigenvalue weighted by Crippen LogP contribution is -2.22. The molecule has 1 aromatic carbocycles. The van der Waals surface area contributed by atoms with Gasteiger partial charge in [-0.15, -0.1) is 0 Å². The molecule has 0 aliphatic heterocycles. The molecule has 0 fully saturated rings. The average molecular weight is 295 g/mol. The maximum atomic E-state index is 6.23. The molecule has 1 atom stereocenters. The molecule has 2 nitrogen and oxygen atoms in total. The SMILES string of the molecule is CC(c1ccccc1Cl)N(C)Cc1ccnc(Cl)c1. The monoisotopic (exact) mass is 294 g/mol. The van der Waals surface area contributed by atoms with Gasteiger partial charge in [0.1, 0.15) is 5.15 Å². The summed E-state index contributed by atoms with van der Waals surface area (Å²) in [5, 5.41) is 1.32. The maximum Gasteiger partial charge on any atom is 0.129 e. The first-order chi connectivity index (χ1) is 9.08. The first-order valence-corrected chi connectivity index (χ1v) is 6.88. The van der Waals surface area contributed by atoms with Crippen molar-refractivity contribution in [1.29, 1.82) is 0 Å². The van der Waals surface area contributed by atoms with Gasteiger partial charge in [0.15, 0.2) is 0 Å². The Morgan fingerprint density at radius 3 is 2.63 bits per heavy atom. The van der Waals surface area contributed by atoms with Gasteiger partial charge in [-0.1, -0.05) is 41.4 Å². The van der Waals surface area contributed by atoms with Crippen molar-refractivity contribution in [2.75, 3.05) is 7.05 Å². The standard InChI is InChI=1S/C15H16Cl2N2/c1-11(13-5-3-4-6-14(13)16)19(2)10-12-7-8-18-15(17)9-12/h3-9,11H,10H2,1-2H3. The number of halogens is 2. The second-order valence-electron chi connectivity index (χ2n) is 4.60. The van der Waals surface area contributed by atoms with E-state index in [1.54, 1.807) is 6.20 Å². The first-order valence-electron chi connectivity index (χ1n) is 6.13. The van der Waals surface area contributed by atoms with E-state index < -0.39 is 0 Å². The Balaban J connectivity index is 2.12. The lowest BCUT2D eigenvalue weighted by Gasteiger charge is -2.25. The number of rotatable bonds is 4. The third-order valence-corrected chi connectivity index (χ3v) is 3.79. The summed E-state index contributed by atoms with van der Waals surface area (Å²) in [6.45, 7) is 2.94. The van der Waals surface area contributed by atoms with Crippen molar-refractivity contribution in [1.82, 2.24) is 9.88 Å². The fourth-order valence-electron chi connectivity index (χ4n) is 2.02. The van der Waals surface area contributed by atoms with Gasteiger partial charge in [-0.2, -0.15) is 0 Å². The molecule has 4 heteroatoms. The fraction of sp³-hybridized carbons (Fsp3) is 0.267. The van der Waals surface area contributed by atoms with E-state index in [0.29, 0.717) is 5.15 Å². The maximum absolute atomic E-state index is 6.23. The van der Waals surface area contributed by atoms with E-state index in [1.807, 2.05) is 30.3 Å². The average Bonchev–Trinajstić information content (AvgIpc) is 2.38. The molecule has 0 saturated heterocycles. The summed E-state index contributed by atoms with van der Waals surface area (Å²) in [6, 6.07) is 12.0. The van der Waals surface area contributed by atoms with Gasteiger partial charge in [-0.05, 0) is 43.3 Å². The summed E-state index contributed by atoms with van der Waals surface area (Å²) in [4.78, 5) is 6.22. The van der Waals surface area contributed by atoms with Crippen molar-refractivity contribution in [3.8, 4) is 0 Å². The van der Waals surface area contributed by atoms with Gasteiger partial charge in [-0.25, -0.2) is 4.98 Å². The van der Waals surface area contributed by atoms with E-state index in [2.05, 4.69) is 29.9 Å². The number of hydrogen-bond donors (Lipinski definition) is 0. The Bertz CT molecular complexity index is 557. The molecule has 1 aromatic heterocycles. The van der Waals surface area contributed by atoms with Gasteiger partial charge in [-0.3, -0.25) is 4.90 Å². The highest BCUT2D eigenvalue weighted by molar-refractivity contribution is 6.31. The number of benzene rings is 1. The van der Waals surface area contributed by atoms with E-state index >= 15 is 0 Å². The van der Waals surface area contributed by atoms with E-state index in [0.717, 1.165) is 22.7 Å². The van der Waals surface area contributed by atoms with Crippen molar-refractivity contribution in [3.63, 3.8) is 0 Å². The Kier molecular flexibility index (Phi) is 4.81. The summed E-state index contributed by atoms with van der Waals surface area (Å²) < 4.78 is 0. The van der Waals surface area contributed by atoms with Crippen LogP contribution < -0.4 is 0 Å². The minimum atomic E-state index is 0.237. The zero-order valence-corrected chi connectivity index (χ0v) is 12.5. The number of hydrogen-bond acceptors (Lipinski definition) is 2. The van der Waals surface area contributed by atoms with Crippen LogP contribution in [0.15, 0.2) is 42.6 Å². The Morgan fingerprint density at radius 1 is 1.21 bits per heavy atom. The smallest absolute Gasteiger partial charge is 0.129 e. The predicted molar refractivity (Wildman–Crippen MR) is 80.6 cm³/mol. The molecule has 1 heterocycles. The molecule has 2 rings (SSSR count). The fourth-order valence-corrected chi connectivity index (χ4v) is 2.51. The molecule has 0 aliphatic carbocycles. The Hall–Kier alpha value is -1.09. The molecule has 100 valence electrons. The van der Waals surface area contributed by atoms with Crippen molar-refractivity contribution in [2.24, 2.45) is 0 Å². The molecule has 1 unspecified atom stereocenters. The van der Waals surface area contributed by atoms with Crippen molar-refractivity contribution < 1.29 is 0 Å². The summed E-state index contributed by atoms with van der Waals surface area (Å²) in [7, 11) is 2.07. The first kappa shape index (κ1) is 14.3. The van der Waals surface area contributed by atoms with Crippen molar-refractivity contribution in [2.45, 2.75) is 19.5 Å². The lowest BCUT2D eigenvalue weighted by molar-refractivity contribution is 0.253. The van der Waals surface area contributed by atoms with Crippen LogP contribution in [0.4, 0.5) is 0 Å². The largest absolute Gasteiger partial charge is 0.295 e. The summed E-state index contributed by atoms with van der Waals surface area (Å²) in [5.41, 5.74) is 2.27. The second kappa shape index (κ2) is 6.38. The molecule has 19 heavy (non-hydrogen) atoms. The highest BCUT2D eigenvalue weighted by atomic mass is 35.5. The van der Waals surface area contributed by atoms with Gasteiger partial charge in [0, 0.05) is 23.8 Å². The van der Waals surface area contributed by atoms with Gasteiger partial charge in [0.2, 0.25) is 0 Å². The molecule has 0 spiro atoms. The topological polar surface area (TPSA) is 16.1 Å². The van der Waals surface area contributed by atoms with Crippen LogP contribution in [0.2, 0.25) is 10.2 Å². The van der Waals surface area contributed by atoms with Gasteiger partial charge in [0.05, 0.1) is 0 Å². The quantitative estimate of drug-likeness (QED) is 0.767. The zero-order chi connectivity index (χ0) is 13.8. The molecule has 0 bridgehead atoms. The molecule has 0 saturated carbocycles. The van der Waals surface area contributed by atoms with Crippen LogP contribution in [0.1, 0.15) is 24.1 Å². The van der Waals surface area contributed by atoms with Gasteiger partial charge < -0.3 is 0 Å². The van der Waals surface area contributed by atoms with Gasteiger partial charge >= 0.3 is 0 Å². The summed E-state index contributed by atoms with van der Waals surface area (Å²) >= 11 is 12.1. The summed E-state index contributed by atoms with van der Waals surface area (Å²) in [5.74, 6) is 0. The number of pyridine rings is 1. The highest BCUT2D eigenvalue weighted by Crippen LogP contribution is 2.27. The van der Waals surface area contributed by atoms with E-state index in [1.165, 1.54) is 0 Å². The molecule has 0 N–H and O–H groups in total. The second-order valence-corrected chi connectivity index (χ2v) is 5.39. The molecule has 0 radical (unpaired) electrons. The minimum Gasteiger partial charge on any atom is -0.295 e. The van der Waals surface area contributed by atoms with Crippen LogP contribution in [0.3, 0.4) is 0 Å². The molecular formula is C15H16Cl2N2. The lowest BCUT2D eigenvalue weighted by atomic mass is 10.1. The van der Waals surface area contributed by atoms with Crippen molar-refractivity contribution in [3.05, 3.63) is 63.9 Å². The molecule has 2 aromatic rings. The molecule has 0 aliphatic rings.